The summed E-state index contributed by atoms with van der Waals surface area (Å²) in [6.07, 6.45) is 5.43. The van der Waals surface area contributed by atoms with Gasteiger partial charge in [-0.25, -0.2) is 0 Å². The van der Waals surface area contributed by atoms with Gasteiger partial charge < -0.3 is 15.1 Å². The number of carbonyl (C=O) groups excluding carboxylic acids is 1. The number of hydrogen-bond donors (Lipinski definition) is 1. The highest BCUT2D eigenvalue weighted by Crippen LogP contribution is 2.18. The molecule has 1 aliphatic rings. The quantitative estimate of drug-likeness (QED) is 0.832. The van der Waals surface area contributed by atoms with Crippen LogP contribution in [-0.4, -0.2) is 43.5 Å². The molecule has 4 heteroatoms. The summed E-state index contributed by atoms with van der Waals surface area (Å²) in [5, 5.41) is 3.37. The van der Waals surface area contributed by atoms with Crippen LogP contribution < -0.4 is 10.2 Å². The first kappa shape index (κ1) is 17.6. The lowest BCUT2D eigenvalue weighted by Crippen LogP contribution is -2.32. The zero-order valence-electron chi connectivity index (χ0n) is 14.7. The van der Waals surface area contributed by atoms with E-state index in [4.69, 9.17) is 0 Å². The standard InChI is InChI=1S/C19H31N3O/c1-3-21(4-2)18-11-9-17(10-12-18)20-14-13-19(23)22-15-7-5-6-8-16-22/h9-12,20H,3-8,13-16H2,1-2H3. The van der Waals surface area contributed by atoms with Crippen LogP contribution in [0, 0.1) is 0 Å². The Bertz CT molecular complexity index is 460. The van der Waals surface area contributed by atoms with Crippen LogP contribution in [0.3, 0.4) is 0 Å². The number of nitrogens with one attached hydrogen (secondary N) is 1. The molecular weight excluding hydrogens is 286 g/mol. The van der Waals surface area contributed by atoms with Gasteiger partial charge in [0.05, 0.1) is 0 Å². The summed E-state index contributed by atoms with van der Waals surface area (Å²) in [7, 11) is 0. The number of nitrogens with zero attached hydrogens (tertiary/aromatic N) is 2. The number of anilines is 2. The molecule has 0 saturated carbocycles. The fourth-order valence-electron chi connectivity index (χ4n) is 3.17. The van der Waals surface area contributed by atoms with Gasteiger partial charge in [0.2, 0.25) is 5.91 Å². The summed E-state index contributed by atoms with van der Waals surface area (Å²) in [5.41, 5.74) is 2.34. The van der Waals surface area contributed by atoms with Crippen LogP contribution in [0.25, 0.3) is 0 Å². The van der Waals surface area contributed by atoms with E-state index in [1.807, 2.05) is 4.90 Å². The van der Waals surface area contributed by atoms with Crippen LogP contribution in [0.2, 0.25) is 0 Å². The average Bonchev–Trinajstić information content (AvgIpc) is 2.86. The minimum atomic E-state index is 0.291. The van der Waals surface area contributed by atoms with Crippen LogP contribution in [0.4, 0.5) is 11.4 Å². The average molecular weight is 317 g/mol. The van der Waals surface area contributed by atoms with Gasteiger partial charge in [0.1, 0.15) is 0 Å². The van der Waals surface area contributed by atoms with Gasteiger partial charge in [-0.05, 0) is 51.0 Å². The van der Waals surface area contributed by atoms with Crippen molar-refractivity contribution in [3.8, 4) is 0 Å². The van der Waals surface area contributed by atoms with Gasteiger partial charge >= 0.3 is 0 Å². The molecule has 1 fully saturated rings. The second-order valence-corrected chi connectivity index (χ2v) is 6.19. The topological polar surface area (TPSA) is 35.6 Å². The molecule has 1 heterocycles. The molecule has 1 N–H and O–H groups in total. The van der Waals surface area contributed by atoms with Gasteiger partial charge in [0.25, 0.3) is 0 Å². The van der Waals surface area contributed by atoms with E-state index in [9.17, 15) is 4.79 Å². The van der Waals surface area contributed by atoms with E-state index < -0.39 is 0 Å². The maximum Gasteiger partial charge on any atom is 0.224 e. The zero-order chi connectivity index (χ0) is 16.5. The Labute approximate surface area is 140 Å². The molecule has 1 aromatic carbocycles. The van der Waals surface area contributed by atoms with Crippen LogP contribution >= 0.6 is 0 Å². The van der Waals surface area contributed by atoms with Gasteiger partial charge in [-0.15, -0.1) is 0 Å². The fraction of sp³-hybridized carbons (Fsp3) is 0.632. The Morgan fingerprint density at radius 3 is 2.22 bits per heavy atom. The van der Waals surface area contributed by atoms with Gasteiger partial charge in [0.15, 0.2) is 0 Å². The highest BCUT2D eigenvalue weighted by molar-refractivity contribution is 5.76. The van der Waals surface area contributed by atoms with Gasteiger partial charge in [-0.1, -0.05) is 12.8 Å². The highest BCUT2D eigenvalue weighted by atomic mass is 16.2. The largest absolute Gasteiger partial charge is 0.385 e. The molecule has 2 rings (SSSR count). The Morgan fingerprint density at radius 1 is 1.04 bits per heavy atom. The predicted molar refractivity (Wildman–Crippen MR) is 98.2 cm³/mol. The lowest BCUT2D eigenvalue weighted by Gasteiger charge is -2.21. The van der Waals surface area contributed by atoms with Gasteiger partial charge in [-0.3, -0.25) is 4.79 Å². The van der Waals surface area contributed by atoms with E-state index in [0.717, 1.165) is 44.7 Å². The molecule has 0 unspecified atom stereocenters. The maximum absolute atomic E-state index is 12.2. The summed E-state index contributed by atoms with van der Waals surface area (Å²) < 4.78 is 0. The molecule has 128 valence electrons. The third-order valence-corrected chi connectivity index (χ3v) is 4.62. The Hall–Kier alpha value is -1.71. The Morgan fingerprint density at radius 2 is 1.65 bits per heavy atom. The summed E-state index contributed by atoms with van der Waals surface area (Å²) in [6.45, 7) is 8.98. The fourth-order valence-corrected chi connectivity index (χ4v) is 3.17. The Kier molecular flexibility index (Phi) is 7.24. The summed E-state index contributed by atoms with van der Waals surface area (Å²) in [4.78, 5) is 16.6. The number of hydrogen-bond acceptors (Lipinski definition) is 3. The molecule has 1 amide bonds. The first-order valence-corrected chi connectivity index (χ1v) is 9.11. The van der Waals surface area contributed by atoms with Crippen molar-refractivity contribution in [2.24, 2.45) is 0 Å². The van der Waals surface area contributed by atoms with Crippen molar-refractivity contribution in [1.29, 1.82) is 0 Å². The third kappa shape index (κ3) is 5.45. The second-order valence-electron chi connectivity index (χ2n) is 6.19. The summed E-state index contributed by atoms with van der Waals surface area (Å²) >= 11 is 0. The number of likely N-dealkylation sites (tertiary alicyclic amines) is 1. The molecule has 0 bridgehead atoms. The Balaban J connectivity index is 1.76. The zero-order valence-corrected chi connectivity index (χ0v) is 14.7. The van der Waals surface area contributed by atoms with Crippen molar-refractivity contribution in [3.63, 3.8) is 0 Å². The lowest BCUT2D eigenvalue weighted by atomic mass is 10.2. The van der Waals surface area contributed by atoms with E-state index in [1.54, 1.807) is 0 Å². The molecule has 0 spiro atoms. The van der Waals surface area contributed by atoms with E-state index in [0.29, 0.717) is 18.9 Å². The SMILES string of the molecule is CCN(CC)c1ccc(NCCC(=O)N2CCCCCC2)cc1. The molecule has 23 heavy (non-hydrogen) atoms. The van der Waals surface area contributed by atoms with Crippen LogP contribution in [0.1, 0.15) is 46.0 Å². The van der Waals surface area contributed by atoms with E-state index >= 15 is 0 Å². The van der Waals surface area contributed by atoms with Crippen molar-refractivity contribution >= 4 is 17.3 Å². The molecule has 0 radical (unpaired) electrons. The normalized spacial score (nSPS) is 15.1. The third-order valence-electron chi connectivity index (χ3n) is 4.62. The molecule has 1 aliphatic heterocycles. The predicted octanol–water partition coefficient (Wildman–Crippen LogP) is 3.74. The number of rotatable bonds is 7. The highest BCUT2D eigenvalue weighted by Gasteiger charge is 2.14. The molecule has 0 atom stereocenters. The molecule has 1 saturated heterocycles. The molecule has 0 aliphatic carbocycles. The van der Waals surface area contributed by atoms with E-state index in [-0.39, 0.29) is 0 Å². The van der Waals surface area contributed by atoms with Crippen molar-refractivity contribution < 1.29 is 4.79 Å². The van der Waals surface area contributed by atoms with Gasteiger partial charge in [-0.2, -0.15) is 0 Å². The monoisotopic (exact) mass is 317 g/mol. The molecular formula is C19H31N3O. The lowest BCUT2D eigenvalue weighted by molar-refractivity contribution is -0.130. The molecule has 4 nitrogen and oxygen atoms in total. The molecule has 1 aromatic rings. The van der Waals surface area contributed by atoms with Crippen LogP contribution in [0.15, 0.2) is 24.3 Å². The van der Waals surface area contributed by atoms with Crippen LogP contribution in [-0.2, 0) is 4.79 Å². The first-order chi connectivity index (χ1) is 11.2. The van der Waals surface area contributed by atoms with E-state index in [1.165, 1.54) is 18.5 Å². The van der Waals surface area contributed by atoms with Crippen molar-refractivity contribution in [2.75, 3.05) is 42.9 Å². The van der Waals surface area contributed by atoms with Crippen molar-refractivity contribution in [3.05, 3.63) is 24.3 Å². The number of benzene rings is 1. The summed E-state index contributed by atoms with van der Waals surface area (Å²) in [6, 6.07) is 8.49. The first-order valence-electron chi connectivity index (χ1n) is 9.11. The van der Waals surface area contributed by atoms with Gasteiger partial charge in [0, 0.05) is 50.5 Å². The van der Waals surface area contributed by atoms with Crippen molar-refractivity contribution in [1.82, 2.24) is 4.90 Å². The van der Waals surface area contributed by atoms with Crippen LogP contribution in [0.5, 0.6) is 0 Å². The maximum atomic E-state index is 12.2. The van der Waals surface area contributed by atoms with Crippen molar-refractivity contribution in [2.45, 2.75) is 46.0 Å². The summed E-state index contributed by atoms with van der Waals surface area (Å²) in [5.74, 6) is 0.291. The molecule has 0 aromatic heterocycles. The minimum Gasteiger partial charge on any atom is -0.385 e. The number of carbonyl (C=O) groups is 1. The number of amides is 1. The second kappa shape index (κ2) is 9.43. The smallest absolute Gasteiger partial charge is 0.224 e. The minimum absolute atomic E-state index is 0.291. The van der Waals surface area contributed by atoms with E-state index in [2.05, 4.69) is 48.3 Å².